The van der Waals surface area contributed by atoms with Gasteiger partial charge in [0.2, 0.25) is 5.82 Å². The number of aromatic nitrogens is 3. The zero-order chi connectivity index (χ0) is 13.7. The Kier molecular flexibility index (Phi) is 4.90. The molecule has 1 fully saturated rings. The van der Waals surface area contributed by atoms with Crippen molar-refractivity contribution in [3.63, 3.8) is 0 Å². The van der Waals surface area contributed by atoms with Crippen LogP contribution >= 0.6 is 0 Å². The Bertz CT molecular complexity index is 409. The highest BCUT2D eigenvalue weighted by molar-refractivity contribution is 5.90. The molecule has 1 aromatic heterocycles. The fourth-order valence-corrected chi connectivity index (χ4v) is 2.38. The summed E-state index contributed by atoms with van der Waals surface area (Å²) in [5.74, 6) is 0.738. The molecule has 1 amide bonds. The van der Waals surface area contributed by atoms with Gasteiger partial charge in [-0.25, -0.2) is 4.98 Å². The predicted octanol–water partition coefficient (Wildman–Crippen LogP) is 1.11. The van der Waals surface area contributed by atoms with Gasteiger partial charge in [-0.3, -0.25) is 9.89 Å². The molecule has 0 saturated carbocycles. The minimum atomic E-state index is -0.170. The summed E-state index contributed by atoms with van der Waals surface area (Å²) in [5, 5.41) is 9.58. The van der Waals surface area contributed by atoms with Crippen molar-refractivity contribution in [2.24, 2.45) is 0 Å². The first kappa shape index (κ1) is 14.0. The van der Waals surface area contributed by atoms with Gasteiger partial charge < -0.3 is 10.2 Å². The normalized spacial score (nSPS) is 17.6. The largest absolute Gasteiger partial charge is 0.346 e. The number of nitrogens with zero attached hydrogens (tertiary/aromatic N) is 3. The van der Waals surface area contributed by atoms with E-state index in [0.29, 0.717) is 5.82 Å². The van der Waals surface area contributed by atoms with Gasteiger partial charge in [0.05, 0.1) is 0 Å². The first-order valence-corrected chi connectivity index (χ1v) is 7.11. The molecule has 1 aliphatic rings. The summed E-state index contributed by atoms with van der Waals surface area (Å²) in [6.45, 7) is 7.31. The summed E-state index contributed by atoms with van der Waals surface area (Å²) < 4.78 is 0. The second kappa shape index (κ2) is 6.65. The third kappa shape index (κ3) is 4.02. The maximum absolute atomic E-state index is 11.9. The standard InChI is InChI=1S/C13H23N5O/c1-3-4-7-18-8-5-11(6-9-18)15-13(19)12-14-10(2)16-17-12/h11H,3-9H2,1-2H3,(H,15,19)(H,14,16,17). The van der Waals surface area contributed by atoms with E-state index in [0.717, 1.165) is 25.9 Å². The van der Waals surface area contributed by atoms with Gasteiger partial charge in [0.15, 0.2) is 0 Å². The first-order valence-electron chi connectivity index (χ1n) is 7.11. The van der Waals surface area contributed by atoms with Gasteiger partial charge in [-0.1, -0.05) is 13.3 Å². The molecule has 2 rings (SSSR count). The average Bonchev–Trinajstić information content (AvgIpc) is 2.85. The fraction of sp³-hybridized carbons (Fsp3) is 0.769. The van der Waals surface area contributed by atoms with Crippen LogP contribution in [-0.4, -0.2) is 51.7 Å². The van der Waals surface area contributed by atoms with E-state index in [1.165, 1.54) is 19.4 Å². The van der Waals surface area contributed by atoms with Gasteiger partial charge in [-0.15, -0.1) is 5.10 Å². The van der Waals surface area contributed by atoms with E-state index in [9.17, 15) is 4.79 Å². The van der Waals surface area contributed by atoms with Crippen LogP contribution in [0.25, 0.3) is 0 Å². The Morgan fingerprint density at radius 3 is 2.79 bits per heavy atom. The highest BCUT2D eigenvalue weighted by Crippen LogP contribution is 2.11. The maximum Gasteiger partial charge on any atom is 0.291 e. The Hall–Kier alpha value is -1.43. The highest BCUT2D eigenvalue weighted by Gasteiger charge is 2.22. The molecule has 0 aliphatic carbocycles. The lowest BCUT2D eigenvalue weighted by atomic mass is 10.0. The molecule has 1 saturated heterocycles. The number of hydrogen-bond acceptors (Lipinski definition) is 4. The zero-order valence-corrected chi connectivity index (χ0v) is 11.8. The van der Waals surface area contributed by atoms with Crippen LogP contribution in [0.1, 0.15) is 49.1 Å². The van der Waals surface area contributed by atoms with Crippen LogP contribution < -0.4 is 5.32 Å². The molecule has 0 aromatic carbocycles. The van der Waals surface area contributed by atoms with E-state index < -0.39 is 0 Å². The highest BCUT2D eigenvalue weighted by atomic mass is 16.2. The van der Waals surface area contributed by atoms with Crippen LogP contribution in [0, 0.1) is 6.92 Å². The number of hydrogen-bond donors (Lipinski definition) is 2. The average molecular weight is 265 g/mol. The molecule has 0 spiro atoms. The lowest BCUT2D eigenvalue weighted by molar-refractivity contribution is 0.0900. The molecule has 0 atom stereocenters. The molecule has 1 aliphatic heterocycles. The molecule has 106 valence electrons. The van der Waals surface area contributed by atoms with Crippen LogP contribution in [0.15, 0.2) is 0 Å². The summed E-state index contributed by atoms with van der Waals surface area (Å²) in [6.07, 6.45) is 4.52. The van der Waals surface area contributed by atoms with Crippen LogP contribution in [0.3, 0.4) is 0 Å². The van der Waals surface area contributed by atoms with Gasteiger partial charge in [0.25, 0.3) is 5.91 Å². The third-order valence-corrected chi connectivity index (χ3v) is 3.55. The van der Waals surface area contributed by atoms with E-state index in [2.05, 4.69) is 32.3 Å². The van der Waals surface area contributed by atoms with Crippen LogP contribution in [0.4, 0.5) is 0 Å². The SMILES string of the molecule is CCCCN1CCC(NC(=O)c2n[nH]c(C)n2)CC1. The summed E-state index contributed by atoms with van der Waals surface area (Å²) in [4.78, 5) is 18.4. The Morgan fingerprint density at radius 1 is 1.47 bits per heavy atom. The maximum atomic E-state index is 11.9. The minimum Gasteiger partial charge on any atom is -0.346 e. The van der Waals surface area contributed by atoms with Crippen molar-refractivity contribution in [2.75, 3.05) is 19.6 Å². The van der Waals surface area contributed by atoms with Crippen LogP contribution in [0.5, 0.6) is 0 Å². The molecule has 2 N–H and O–H groups in total. The topological polar surface area (TPSA) is 73.9 Å². The van der Waals surface area contributed by atoms with Crippen molar-refractivity contribution >= 4 is 5.91 Å². The van der Waals surface area contributed by atoms with Gasteiger partial charge >= 0.3 is 0 Å². The van der Waals surface area contributed by atoms with E-state index in [4.69, 9.17) is 0 Å². The summed E-state index contributed by atoms with van der Waals surface area (Å²) in [5.41, 5.74) is 0. The van der Waals surface area contributed by atoms with E-state index in [-0.39, 0.29) is 17.8 Å². The Balaban J connectivity index is 1.75. The number of carbonyl (C=O) groups excluding carboxylic acids is 1. The fourth-order valence-electron chi connectivity index (χ4n) is 2.38. The molecule has 19 heavy (non-hydrogen) atoms. The van der Waals surface area contributed by atoms with Crippen LogP contribution in [-0.2, 0) is 0 Å². The summed E-state index contributed by atoms with van der Waals surface area (Å²) in [7, 11) is 0. The van der Waals surface area contributed by atoms with Crippen molar-refractivity contribution in [1.82, 2.24) is 25.4 Å². The quantitative estimate of drug-likeness (QED) is 0.836. The number of piperidine rings is 1. The van der Waals surface area contributed by atoms with Gasteiger partial charge in [0.1, 0.15) is 5.82 Å². The molecule has 1 aromatic rings. The lowest BCUT2D eigenvalue weighted by Gasteiger charge is -2.32. The number of H-pyrrole nitrogens is 1. The summed E-state index contributed by atoms with van der Waals surface area (Å²) >= 11 is 0. The number of likely N-dealkylation sites (tertiary alicyclic amines) is 1. The molecule has 6 nitrogen and oxygen atoms in total. The molecule has 6 heteroatoms. The van der Waals surface area contributed by atoms with Crippen molar-refractivity contribution < 1.29 is 4.79 Å². The second-order valence-electron chi connectivity index (χ2n) is 5.19. The molecule has 0 radical (unpaired) electrons. The number of aromatic amines is 1. The summed E-state index contributed by atoms with van der Waals surface area (Å²) in [6, 6.07) is 0.254. The van der Waals surface area contributed by atoms with Crippen molar-refractivity contribution in [2.45, 2.75) is 45.6 Å². The number of unbranched alkanes of at least 4 members (excludes halogenated alkanes) is 1. The Morgan fingerprint density at radius 2 is 2.21 bits per heavy atom. The third-order valence-electron chi connectivity index (χ3n) is 3.55. The molecular weight excluding hydrogens is 242 g/mol. The second-order valence-corrected chi connectivity index (χ2v) is 5.19. The monoisotopic (exact) mass is 265 g/mol. The lowest BCUT2D eigenvalue weighted by Crippen LogP contribution is -2.45. The zero-order valence-electron chi connectivity index (χ0n) is 11.8. The van der Waals surface area contributed by atoms with E-state index in [1.807, 2.05) is 0 Å². The minimum absolute atomic E-state index is 0.170. The first-order chi connectivity index (χ1) is 9.19. The molecule has 0 bridgehead atoms. The van der Waals surface area contributed by atoms with Crippen molar-refractivity contribution in [3.8, 4) is 0 Å². The van der Waals surface area contributed by atoms with E-state index in [1.54, 1.807) is 6.92 Å². The Labute approximate surface area is 114 Å². The molecule has 0 unspecified atom stereocenters. The smallest absolute Gasteiger partial charge is 0.291 e. The number of amides is 1. The molecular formula is C13H23N5O. The number of rotatable bonds is 5. The van der Waals surface area contributed by atoms with Crippen molar-refractivity contribution in [3.05, 3.63) is 11.6 Å². The van der Waals surface area contributed by atoms with E-state index >= 15 is 0 Å². The predicted molar refractivity (Wildman–Crippen MR) is 73.0 cm³/mol. The van der Waals surface area contributed by atoms with Crippen molar-refractivity contribution in [1.29, 1.82) is 0 Å². The number of carbonyl (C=O) groups is 1. The number of nitrogens with one attached hydrogen (secondary N) is 2. The van der Waals surface area contributed by atoms with Gasteiger partial charge in [0, 0.05) is 19.1 Å². The van der Waals surface area contributed by atoms with Gasteiger partial charge in [-0.05, 0) is 32.7 Å². The molecule has 2 heterocycles. The van der Waals surface area contributed by atoms with Crippen LogP contribution in [0.2, 0.25) is 0 Å². The van der Waals surface area contributed by atoms with Gasteiger partial charge in [-0.2, -0.15) is 0 Å². The number of aryl methyl sites for hydroxylation is 1.